The number of unbranched alkanes of at least 4 members (excludes halogenated alkanes) is 1. The van der Waals surface area contributed by atoms with Crippen molar-refractivity contribution in [2.45, 2.75) is 39.5 Å². The predicted octanol–water partition coefficient (Wildman–Crippen LogP) is 5.46. The van der Waals surface area contributed by atoms with Crippen molar-refractivity contribution in [1.29, 1.82) is 0 Å². The first-order valence-corrected chi connectivity index (χ1v) is 9.45. The molecule has 0 fully saturated rings. The van der Waals surface area contributed by atoms with Gasteiger partial charge in [-0.25, -0.2) is 0 Å². The number of fused-ring (bicyclic) bond motifs is 1. The van der Waals surface area contributed by atoms with Gasteiger partial charge < -0.3 is 10.1 Å². The number of carbonyl (C=O) groups excluding carboxylic acids is 1. The van der Waals surface area contributed by atoms with Crippen LogP contribution in [0, 0.1) is 0 Å². The van der Waals surface area contributed by atoms with Gasteiger partial charge in [-0.05, 0) is 73.6 Å². The second kappa shape index (κ2) is 8.70. The molecule has 0 spiro atoms. The summed E-state index contributed by atoms with van der Waals surface area (Å²) in [5, 5.41) is 3.41. The largest absolute Gasteiger partial charge is 0.466 e. The molecule has 2 aromatic rings. The molecule has 0 atom stereocenters. The minimum absolute atomic E-state index is 0.101. The summed E-state index contributed by atoms with van der Waals surface area (Å²) in [4.78, 5) is 11.3. The summed E-state index contributed by atoms with van der Waals surface area (Å²) in [6.07, 6.45) is 5.67. The average Bonchev–Trinajstić information content (AvgIpc) is 3.01. The van der Waals surface area contributed by atoms with Gasteiger partial charge in [0.1, 0.15) is 0 Å². The first-order chi connectivity index (χ1) is 12.7. The Morgan fingerprint density at radius 1 is 1.08 bits per heavy atom. The molecule has 0 heterocycles. The number of carbonyl (C=O) groups is 1. The standard InChI is InChI=1S/C23H27NO2/c1-3-26-23(25)6-4-5-13-24-22-11-9-18(10-12-22)20-8-7-19-14-17(2)15-21(19)16-20/h7-12,15-16,24H,3-6,13-14H2,1-2H3. The Balaban J connectivity index is 1.50. The lowest BCUT2D eigenvalue weighted by Crippen LogP contribution is -2.06. The van der Waals surface area contributed by atoms with Crippen molar-refractivity contribution < 1.29 is 9.53 Å². The number of rotatable bonds is 8. The van der Waals surface area contributed by atoms with E-state index in [0.29, 0.717) is 13.0 Å². The van der Waals surface area contributed by atoms with Crippen LogP contribution in [-0.2, 0) is 16.0 Å². The molecule has 0 radical (unpaired) electrons. The van der Waals surface area contributed by atoms with Crippen LogP contribution in [0.5, 0.6) is 0 Å². The lowest BCUT2D eigenvalue weighted by atomic mass is 10.0. The van der Waals surface area contributed by atoms with Crippen LogP contribution in [0.3, 0.4) is 0 Å². The van der Waals surface area contributed by atoms with E-state index in [-0.39, 0.29) is 5.97 Å². The predicted molar refractivity (Wildman–Crippen MR) is 108 cm³/mol. The Morgan fingerprint density at radius 2 is 1.85 bits per heavy atom. The molecule has 26 heavy (non-hydrogen) atoms. The van der Waals surface area contributed by atoms with Crippen LogP contribution >= 0.6 is 0 Å². The molecule has 2 aromatic carbocycles. The van der Waals surface area contributed by atoms with E-state index in [4.69, 9.17) is 4.74 Å². The van der Waals surface area contributed by atoms with Crippen molar-refractivity contribution in [2.24, 2.45) is 0 Å². The number of benzene rings is 2. The van der Waals surface area contributed by atoms with Gasteiger partial charge in [0, 0.05) is 18.7 Å². The van der Waals surface area contributed by atoms with Gasteiger partial charge in [0.25, 0.3) is 0 Å². The number of anilines is 1. The topological polar surface area (TPSA) is 38.3 Å². The Bertz CT molecular complexity index is 790. The molecule has 0 bridgehead atoms. The second-order valence-corrected chi connectivity index (χ2v) is 6.85. The Morgan fingerprint density at radius 3 is 2.62 bits per heavy atom. The smallest absolute Gasteiger partial charge is 0.305 e. The summed E-state index contributed by atoms with van der Waals surface area (Å²) in [7, 11) is 0. The van der Waals surface area contributed by atoms with Gasteiger partial charge in [-0.2, -0.15) is 0 Å². The highest BCUT2D eigenvalue weighted by Gasteiger charge is 2.10. The minimum atomic E-state index is -0.101. The Labute approximate surface area is 156 Å². The van der Waals surface area contributed by atoms with Crippen molar-refractivity contribution in [3.05, 3.63) is 59.2 Å². The van der Waals surface area contributed by atoms with Crippen molar-refractivity contribution in [2.75, 3.05) is 18.5 Å². The van der Waals surface area contributed by atoms with Gasteiger partial charge in [-0.3, -0.25) is 4.79 Å². The maximum absolute atomic E-state index is 11.3. The molecule has 1 aliphatic rings. The number of hydrogen-bond acceptors (Lipinski definition) is 3. The number of nitrogens with one attached hydrogen (secondary N) is 1. The summed E-state index contributed by atoms with van der Waals surface area (Å²) in [5.41, 5.74) is 7.81. The number of hydrogen-bond donors (Lipinski definition) is 1. The van der Waals surface area contributed by atoms with E-state index >= 15 is 0 Å². The maximum Gasteiger partial charge on any atom is 0.305 e. The highest BCUT2D eigenvalue weighted by atomic mass is 16.5. The molecular weight excluding hydrogens is 322 g/mol. The molecule has 136 valence electrons. The molecule has 0 saturated carbocycles. The molecule has 1 aliphatic carbocycles. The molecule has 1 N–H and O–H groups in total. The Kier molecular flexibility index (Phi) is 6.11. The van der Waals surface area contributed by atoms with Crippen LogP contribution in [0.15, 0.2) is 48.0 Å². The summed E-state index contributed by atoms with van der Waals surface area (Å²) >= 11 is 0. The van der Waals surface area contributed by atoms with E-state index in [1.165, 1.54) is 27.8 Å². The lowest BCUT2D eigenvalue weighted by molar-refractivity contribution is -0.143. The minimum Gasteiger partial charge on any atom is -0.466 e. The van der Waals surface area contributed by atoms with Crippen molar-refractivity contribution in [3.63, 3.8) is 0 Å². The quantitative estimate of drug-likeness (QED) is 0.508. The molecular formula is C23H27NO2. The van der Waals surface area contributed by atoms with Crippen molar-refractivity contribution in [3.8, 4) is 11.1 Å². The molecule has 3 heteroatoms. The molecule has 0 aliphatic heterocycles. The van der Waals surface area contributed by atoms with Crippen molar-refractivity contribution in [1.82, 2.24) is 0 Å². The van der Waals surface area contributed by atoms with E-state index in [0.717, 1.165) is 31.5 Å². The van der Waals surface area contributed by atoms with Gasteiger partial charge in [-0.15, -0.1) is 0 Å². The number of allylic oxidation sites excluding steroid dienone is 1. The fourth-order valence-electron chi connectivity index (χ4n) is 3.33. The SMILES string of the molecule is CCOC(=O)CCCCNc1ccc(-c2ccc3c(c2)C=C(C)C3)cc1. The summed E-state index contributed by atoms with van der Waals surface area (Å²) in [6, 6.07) is 15.3. The van der Waals surface area contributed by atoms with Gasteiger partial charge >= 0.3 is 5.97 Å². The van der Waals surface area contributed by atoms with Crippen LogP contribution in [0.1, 0.15) is 44.2 Å². The second-order valence-electron chi connectivity index (χ2n) is 6.85. The zero-order valence-corrected chi connectivity index (χ0v) is 15.7. The molecule has 0 amide bonds. The van der Waals surface area contributed by atoms with Gasteiger partial charge in [0.2, 0.25) is 0 Å². The molecule has 0 aromatic heterocycles. The molecule has 0 unspecified atom stereocenters. The summed E-state index contributed by atoms with van der Waals surface area (Å²) in [6.45, 7) is 5.35. The van der Waals surface area contributed by atoms with E-state index < -0.39 is 0 Å². The monoisotopic (exact) mass is 349 g/mol. The van der Waals surface area contributed by atoms with E-state index in [1.54, 1.807) is 0 Å². The van der Waals surface area contributed by atoms with Crippen molar-refractivity contribution >= 4 is 17.7 Å². The van der Waals surface area contributed by atoms with E-state index in [1.807, 2.05) is 6.92 Å². The van der Waals surface area contributed by atoms with Gasteiger partial charge in [-0.1, -0.05) is 35.9 Å². The maximum atomic E-state index is 11.3. The third-order valence-electron chi connectivity index (χ3n) is 4.68. The van der Waals surface area contributed by atoms with Crippen LogP contribution in [-0.4, -0.2) is 19.1 Å². The summed E-state index contributed by atoms with van der Waals surface area (Å²) < 4.78 is 4.93. The molecule has 3 nitrogen and oxygen atoms in total. The Hall–Kier alpha value is -2.55. The third-order valence-corrected chi connectivity index (χ3v) is 4.68. The normalized spacial score (nSPS) is 12.5. The van der Waals surface area contributed by atoms with Crippen LogP contribution in [0.4, 0.5) is 5.69 Å². The third kappa shape index (κ3) is 4.75. The van der Waals surface area contributed by atoms with E-state index in [2.05, 4.69) is 60.8 Å². The molecule has 3 rings (SSSR count). The van der Waals surface area contributed by atoms with Gasteiger partial charge in [0.15, 0.2) is 0 Å². The highest BCUT2D eigenvalue weighted by Crippen LogP contribution is 2.30. The first kappa shape index (κ1) is 18.2. The lowest BCUT2D eigenvalue weighted by Gasteiger charge is -2.09. The fourth-order valence-corrected chi connectivity index (χ4v) is 3.33. The van der Waals surface area contributed by atoms with E-state index in [9.17, 15) is 4.79 Å². The first-order valence-electron chi connectivity index (χ1n) is 9.45. The van der Waals surface area contributed by atoms with Crippen LogP contribution in [0.25, 0.3) is 17.2 Å². The van der Waals surface area contributed by atoms with Crippen LogP contribution in [0.2, 0.25) is 0 Å². The van der Waals surface area contributed by atoms with Gasteiger partial charge in [0.05, 0.1) is 6.61 Å². The average molecular weight is 349 g/mol. The zero-order valence-electron chi connectivity index (χ0n) is 15.7. The molecule has 0 saturated heterocycles. The summed E-state index contributed by atoms with van der Waals surface area (Å²) in [5.74, 6) is -0.101. The number of ether oxygens (including phenoxy) is 1. The fraction of sp³-hybridized carbons (Fsp3) is 0.348. The zero-order chi connectivity index (χ0) is 18.4. The number of esters is 1. The highest BCUT2D eigenvalue weighted by molar-refractivity contribution is 5.73. The van der Waals surface area contributed by atoms with Crippen LogP contribution < -0.4 is 5.32 Å².